The fourth-order valence-electron chi connectivity index (χ4n) is 4.70. The van der Waals surface area contributed by atoms with Crippen LogP contribution in [0, 0.1) is 17.3 Å². The molecular formula is C21H34O3Si. The van der Waals surface area contributed by atoms with Gasteiger partial charge in [0.15, 0.2) is 8.32 Å². The molecule has 0 radical (unpaired) electrons. The van der Waals surface area contributed by atoms with Gasteiger partial charge in [-0.1, -0.05) is 40.9 Å². The van der Waals surface area contributed by atoms with Crippen LogP contribution in [-0.2, 0) is 14.0 Å². The topological polar surface area (TPSA) is 35.5 Å². The molecule has 0 spiro atoms. The summed E-state index contributed by atoms with van der Waals surface area (Å²) in [5.74, 6) is 0.356. The van der Waals surface area contributed by atoms with Crippen LogP contribution in [0.15, 0.2) is 24.3 Å². The van der Waals surface area contributed by atoms with Crippen LogP contribution < -0.4 is 0 Å². The lowest BCUT2D eigenvalue weighted by Gasteiger charge is -2.53. The summed E-state index contributed by atoms with van der Waals surface area (Å²) in [5, 5.41) is 0.200. The van der Waals surface area contributed by atoms with E-state index in [1.807, 2.05) is 0 Å². The molecule has 2 saturated carbocycles. The molecule has 140 valence electrons. The molecule has 2 aliphatic carbocycles. The second-order valence-corrected chi connectivity index (χ2v) is 15.0. The Morgan fingerprint density at radius 3 is 2.52 bits per heavy atom. The van der Waals surface area contributed by atoms with Crippen LogP contribution in [0.2, 0.25) is 18.1 Å². The van der Waals surface area contributed by atoms with Crippen molar-refractivity contribution >= 4 is 14.3 Å². The molecule has 3 aliphatic rings. The van der Waals surface area contributed by atoms with Crippen molar-refractivity contribution in [2.45, 2.75) is 83.7 Å². The van der Waals surface area contributed by atoms with Crippen LogP contribution >= 0.6 is 0 Å². The Morgan fingerprint density at radius 1 is 1.28 bits per heavy atom. The maximum absolute atomic E-state index is 11.9. The molecule has 1 heterocycles. The summed E-state index contributed by atoms with van der Waals surface area (Å²) in [6, 6.07) is 0. The van der Waals surface area contributed by atoms with Crippen LogP contribution in [0.3, 0.4) is 0 Å². The van der Waals surface area contributed by atoms with Gasteiger partial charge in [-0.3, -0.25) is 0 Å². The minimum Gasteiger partial charge on any atom is -0.458 e. The lowest BCUT2D eigenvalue weighted by atomic mass is 9.55. The predicted molar refractivity (Wildman–Crippen MR) is 104 cm³/mol. The van der Waals surface area contributed by atoms with E-state index in [4.69, 9.17) is 9.16 Å². The van der Waals surface area contributed by atoms with Crippen molar-refractivity contribution in [2.75, 3.05) is 0 Å². The Morgan fingerprint density at radius 2 is 1.92 bits per heavy atom. The molecule has 0 aromatic carbocycles. The molecule has 5 atom stereocenters. The molecule has 0 aromatic rings. The summed E-state index contributed by atoms with van der Waals surface area (Å²) in [6.45, 7) is 22.3. The van der Waals surface area contributed by atoms with Crippen LogP contribution in [0.1, 0.15) is 53.4 Å². The molecule has 0 N–H and O–H groups in total. The minimum atomic E-state index is -1.82. The number of carbonyl (C=O) groups excluding carboxylic acids is 1. The quantitative estimate of drug-likeness (QED) is 0.292. The zero-order valence-corrected chi connectivity index (χ0v) is 17.8. The average molecular weight is 363 g/mol. The van der Waals surface area contributed by atoms with Crippen molar-refractivity contribution in [3.8, 4) is 0 Å². The molecule has 1 saturated heterocycles. The molecule has 3 rings (SSSR count). The lowest BCUT2D eigenvalue weighted by molar-refractivity contribution is -0.142. The Kier molecular flexibility index (Phi) is 4.40. The Bertz CT molecular complexity index is 615. The summed E-state index contributed by atoms with van der Waals surface area (Å²) >= 11 is 0. The second kappa shape index (κ2) is 5.82. The fourth-order valence-corrected chi connectivity index (χ4v) is 6.04. The molecule has 0 amide bonds. The third-order valence-corrected chi connectivity index (χ3v) is 12.0. The second-order valence-electron chi connectivity index (χ2n) is 10.2. The number of esters is 1. The summed E-state index contributed by atoms with van der Waals surface area (Å²) < 4.78 is 12.3. The van der Waals surface area contributed by atoms with E-state index >= 15 is 0 Å². The molecule has 3 fully saturated rings. The molecule has 0 aromatic heterocycles. The maximum Gasteiger partial charge on any atom is 0.334 e. The smallest absolute Gasteiger partial charge is 0.334 e. The fraction of sp³-hybridized carbons (Fsp3) is 0.762. The maximum atomic E-state index is 11.9. The molecule has 0 bridgehead atoms. The molecule has 25 heavy (non-hydrogen) atoms. The Hall–Kier alpha value is -0.873. The summed E-state index contributed by atoms with van der Waals surface area (Å²) in [5.41, 5.74) is 2.06. The van der Waals surface area contributed by atoms with Gasteiger partial charge >= 0.3 is 5.97 Å². The van der Waals surface area contributed by atoms with Gasteiger partial charge in [0.1, 0.15) is 6.10 Å². The first-order chi connectivity index (χ1) is 11.4. The van der Waals surface area contributed by atoms with Crippen LogP contribution in [0.25, 0.3) is 0 Å². The van der Waals surface area contributed by atoms with E-state index in [1.54, 1.807) is 0 Å². The molecule has 3 nitrogen and oxygen atoms in total. The molecule has 0 unspecified atom stereocenters. The zero-order valence-electron chi connectivity index (χ0n) is 16.8. The van der Waals surface area contributed by atoms with Gasteiger partial charge in [-0.15, -0.1) is 0 Å². The third kappa shape index (κ3) is 3.06. The SMILES string of the molecule is C=C1C(=O)O[C@@H]2C[C@@]3(C)CC[C@@H](O[Si](C)(C)C(C)(C)C)C(=C)[C@@H]3C[C@H]12. The summed E-state index contributed by atoms with van der Waals surface area (Å²) in [4.78, 5) is 11.9. The van der Waals surface area contributed by atoms with Crippen molar-refractivity contribution in [3.05, 3.63) is 24.3 Å². The number of rotatable bonds is 2. The highest BCUT2D eigenvalue weighted by Crippen LogP contribution is 2.57. The van der Waals surface area contributed by atoms with Gasteiger partial charge in [0.25, 0.3) is 0 Å². The molecule has 1 aliphatic heterocycles. The van der Waals surface area contributed by atoms with Crippen molar-refractivity contribution in [1.29, 1.82) is 0 Å². The first-order valence-electron chi connectivity index (χ1n) is 9.62. The van der Waals surface area contributed by atoms with Gasteiger partial charge in [0.05, 0.1) is 6.10 Å². The van der Waals surface area contributed by atoms with Gasteiger partial charge in [-0.05, 0) is 60.7 Å². The highest BCUT2D eigenvalue weighted by atomic mass is 28.4. The number of hydrogen-bond acceptors (Lipinski definition) is 3. The van der Waals surface area contributed by atoms with E-state index in [1.165, 1.54) is 5.57 Å². The van der Waals surface area contributed by atoms with Crippen LogP contribution in [0.5, 0.6) is 0 Å². The first-order valence-corrected chi connectivity index (χ1v) is 12.5. The first kappa shape index (κ1) is 18.9. The molecular weight excluding hydrogens is 328 g/mol. The Labute approximate surface area is 154 Å². The monoisotopic (exact) mass is 362 g/mol. The Balaban J connectivity index is 1.80. The van der Waals surface area contributed by atoms with Crippen molar-refractivity contribution < 1.29 is 14.0 Å². The summed E-state index contributed by atoms with van der Waals surface area (Å²) in [7, 11) is -1.82. The third-order valence-electron chi connectivity index (χ3n) is 7.50. The summed E-state index contributed by atoms with van der Waals surface area (Å²) in [6.07, 6.45) is 4.18. The van der Waals surface area contributed by atoms with Crippen molar-refractivity contribution in [3.63, 3.8) is 0 Å². The van der Waals surface area contributed by atoms with Gasteiger partial charge in [0.2, 0.25) is 0 Å². The van der Waals surface area contributed by atoms with Gasteiger partial charge in [-0.25, -0.2) is 4.79 Å². The standard InChI is InChI=1S/C21H34O3Si/c1-13-15-11-16-14(2)17(24-25(7,8)20(3,4)5)9-10-21(16,6)12-18(15)23-19(13)22/h15-18H,1-2,9-12H2,3-8H3/t15-,16+,17-,18-,21-/m1/s1. The van der Waals surface area contributed by atoms with Gasteiger partial charge < -0.3 is 9.16 Å². The molecule has 4 heteroatoms. The van der Waals surface area contributed by atoms with E-state index in [0.717, 1.165) is 25.7 Å². The van der Waals surface area contributed by atoms with Crippen LogP contribution in [0.4, 0.5) is 0 Å². The van der Waals surface area contributed by atoms with Crippen molar-refractivity contribution in [1.82, 2.24) is 0 Å². The van der Waals surface area contributed by atoms with Gasteiger partial charge in [0, 0.05) is 11.5 Å². The van der Waals surface area contributed by atoms with E-state index in [9.17, 15) is 4.79 Å². The largest absolute Gasteiger partial charge is 0.458 e. The number of hydrogen-bond donors (Lipinski definition) is 0. The number of fused-ring (bicyclic) bond motifs is 2. The highest BCUT2D eigenvalue weighted by Gasteiger charge is 2.55. The van der Waals surface area contributed by atoms with E-state index in [0.29, 0.717) is 11.5 Å². The van der Waals surface area contributed by atoms with E-state index in [-0.39, 0.29) is 34.5 Å². The zero-order chi connectivity index (χ0) is 18.8. The lowest BCUT2D eigenvalue weighted by Crippen LogP contribution is -2.51. The normalized spacial score (nSPS) is 39.0. The van der Waals surface area contributed by atoms with Crippen LogP contribution in [-0.4, -0.2) is 26.5 Å². The average Bonchev–Trinajstić information content (AvgIpc) is 2.73. The van der Waals surface area contributed by atoms with E-state index < -0.39 is 8.32 Å². The predicted octanol–water partition coefficient (Wildman–Crippen LogP) is 5.24. The van der Waals surface area contributed by atoms with Crippen molar-refractivity contribution in [2.24, 2.45) is 17.3 Å². The number of ether oxygens (including phenoxy) is 1. The van der Waals surface area contributed by atoms with Gasteiger partial charge in [-0.2, -0.15) is 0 Å². The highest BCUT2D eigenvalue weighted by molar-refractivity contribution is 6.74. The minimum absolute atomic E-state index is 0.0203. The van der Waals surface area contributed by atoms with E-state index in [2.05, 4.69) is 53.9 Å². The number of carbonyl (C=O) groups is 1.